The molecule has 0 atom stereocenters. The fourth-order valence-electron chi connectivity index (χ4n) is 2.84. The molecule has 9 heteroatoms. The number of rotatable bonds is 6. The number of anilines is 2. The van der Waals surface area contributed by atoms with Gasteiger partial charge in [0.2, 0.25) is 0 Å². The van der Waals surface area contributed by atoms with Crippen LogP contribution in [0.15, 0.2) is 100 Å². The third-order valence-corrected chi connectivity index (χ3v) is 6.26. The van der Waals surface area contributed by atoms with Crippen LogP contribution in [0.3, 0.4) is 0 Å². The molecule has 0 saturated carbocycles. The van der Waals surface area contributed by atoms with Crippen molar-refractivity contribution in [2.75, 3.05) is 10.0 Å². The number of para-hydroxylation sites is 1. The quantitative estimate of drug-likeness (QED) is 0.404. The number of nitrogens with one attached hydrogen (secondary N) is 2. The average Bonchev–Trinajstić information content (AvgIpc) is 3.24. The zero-order valence-electron chi connectivity index (χ0n) is 16.1. The van der Waals surface area contributed by atoms with Gasteiger partial charge in [-0.2, -0.15) is 5.10 Å². The summed E-state index contributed by atoms with van der Waals surface area (Å²) in [7, 11) is -3.85. The third kappa shape index (κ3) is 5.01. The molecule has 0 fully saturated rings. The highest BCUT2D eigenvalue weighted by molar-refractivity contribution is 9.10. The molecule has 0 spiro atoms. The van der Waals surface area contributed by atoms with Crippen LogP contribution in [-0.2, 0) is 10.0 Å². The van der Waals surface area contributed by atoms with E-state index in [0.717, 1.165) is 10.2 Å². The Morgan fingerprint density at radius 1 is 0.903 bits per heavy atom. The van der Waals surface area contributed by atoms with Gasteiger partial charge in [-0.1, -0.05) is 40.2 Å². The fourth-order valence-corrected chi connectivity index (χ4v) is 4.21. The predicted octanol–water partition coefficient (Wildman–Crippen LogP) is 4.69. The number of halogens is 1. The lowest BCUT2D eigenvalue weighted by Gasteiger charge is -2.09. The molecule has 0 aliphatic heterocycles. The van der Waals surface area contributed by atoms with Crippen LogP contribution in [0.5, 0.6) is 0 Å². The van der Waals surface area contributed by atoms with Gasteiger partial charge in [0.05, 0.1) is 10.6 Å². The first-order valence-corrected chi connectivity index (χ1v) is 11.5. The van der Waals surface area contributed by atoms with E-state index < -0.39 is 15.9 Å². The van der Waals surface area contributed by atoms with Crippen molar-refractivity contribution in [1.29, 1.82) is 0 Å². The number of benzene rings is 3. The molecular formula is C22H17BrN4O3S. The van der Waals surface area contributed by atoms with Crippen LogP contribution >= 0.6 is 15.9 Å². The van der Waals surface area contributed by atoms with E-state index in [4.69, 9.17) is 0 Å². The molecule has 2 N–H and O–H groups in total. The first kappa shape index (κ1) is 20.8. The van der Waals surface area contributed by atoms with Crippen molar-refractivity contribution in [2.45, 2.75) is 4.90 Å². The van der Waals surface area contributed by atoms with Gasteiger partial charge in [-0.15, -0.1) is 0 Å². The van der Waals surface area contributed by atoms with Crippen LogP contribution in [-0.4, -0.2) is 24.1 Å². The van der Waals surface area contributed by atoms with Gasteiger partial charge in [0.25, 0.3) is 15.9 Å². The van der Waals surface area contributed by atoms with Crippen molar-refractivity contribution in [2.24, 2.45) is 0 Å². The topological polar surface area (TPSA) is 93.1 Å². The maximum atomic E-state index is 12.7. The second-order valence-corrected chi connectivity index (χ2v) is 9.17. The second-order valence-electron chi connectivity index (χ2n) is 6.58. The molecule has 7 nitrogen and oxygen atoms in total. The molecule has 0 aliphatic carbocycles. The Morgan fingerprint density at radius 2 is 1.65 bits per heavy atom. The number of hydrogen-bond acceptors (Lipinski definition) is 4. The summed E-state index contributed by atoms with van der Waals surface area (Å²) in [5.74, 6) is -0.103. The van der Waals surface area contributed by atoms with Crippen molar-refractivity contribution in [3.63, 3.8) is 0 Å². The number of aromatic nitrogens is 2. The summed E-state index contributed by atoms with van der Waals surface area (Å²) in [6.07, 6.45) is 1.73. The van der Waals surface area contributed by atoms with Gasteiger partial charge >= 0.3 is 0 Å². The van der Waals surface area contributed by atoms with E-state index in [1.54, 1.807) is 47.3 Å². The highest BCUT2D eigenvalue weighted by atomic mass is 79.9. The maximum Gasteiger partial charge on any atom is 0.261 e. The molecule has 0 saturated heterocycles. The maximum absolute atomic E-state index is 12.7. The summed E-state index contributed by atoms with van der Waals surface area (Å²) < 4.78 is 30.4. The smallest absolute Gasteiger partial charge is 0.261 e. The van der Waals surface area contributed by atoms with Crippen molar-refractivity contribution >= 4 is 43.4 Å². The van der Waals surface area contributed by atoms with Crippen molar-refractivity contribution in [3.8, 4) is 5.69 Å². The first-order chi connectivity index (χ1) is 14.9. The first-order valence-electron chi connectivity index (χ1n) is 9.22. The molecule has 0 unspecified atom stereocenters. The molecule has 0 bridgehead atoms. The van der Waals surface area contributed by atoms with E-state index in [1.807, 2.05) is 30.3 Å². The van der Waals surface area contributed by atoms with Crippen LogP contribution in [0, 0.1) is 0 Å². The summed E-state index contributed by atoms with van der Waals surface area (Å²) in [5.41, 5.74) is 1.48. The monoisotopic (exact) mass is 496 g/mol. The summed E-state index contributed by atoms with van der Waals surface area (Å²) >= 11 is 3.31. The molecule has 0 radical (unpaired) electrons. The van der Waals surface area contributed by atoms with Crippen molar-refractivity contribution in [3.05, 3.63) is 101 Å². The van der Waals surface area contributed by atoms with E-state index in [9.17, 15) is 13.2 Å². The third-order valence-electron chi connectivity index (χ3n) is 4.35. The van der Waals surface area contributed by atoms with Crippen molar-refractivity contribution < 1.29 is 13.2 Å². The molecule has 1 aromatic heterocycles. The molecule has 4 rings (SSSR count). The average molecular weight is 497 g/mol. The normalized spacial score (nSPS) is 11.1. The lowest BCUT2D eigenvalue weighted by atomic mass is 10.2. The fraction of sp³-hybridized carbons (Fsp3) is 0. The minimum absolute atomic E-state index is 0.0158. The number of carbonyl (C=O) groups is 1. The van der Waals surface area contributed by atoms with Crippen molar-refractivity contribution in [1.82, 2.24) is 9.78 Å². The van der Waals surface area contributed by atoms with E-state index >= 15 is 0 Å². The lowest BCUT2D eigenvalue weighted by molar-refractivity contribution is 0.102. The SMILES string of the molecule is O=C(Nc1ccn(-c2ccccc2)n1)c1cccc(S(=O)(=O)Nc2ccc(Br)cc2)c1. The van der Waals surface area contributed by atoms with E-state index in [-0.39, 0.29) is 10.5 Å². The highest BCUT2D eigenvalue weighted by Crippen LogP contribution is 2.20. The number of hydrogen-bond donors (Lipinski definition) is 2. The van der Waals surface area contributed by atoms with Gasteiger partial charge in [0.15, 0.2) is 5.82 Å². The zero-order valence-corrected chi connectivity index (χ0v) is 18.5. The summed E-state index contributed by atoms with van der Waals surface area (Å²) in [4.78, 5) is 12.6. The van der Waals surface area contributed by atoms with Crippen LogP contribution in [0.1, 0.15) is 10.4 Å². The Labute approximate surface area is 187 Å². The van der Waals surface area contributed by atoms with Crippen LogP contribution < -0.4 is 10.0 Å². The van der Waals surface area contributed by atoms with Crippen LogP contribution in [0.25, 0.3) is 5.69 Å². The van der Waals surface area contributed by atoms with E-state index in [2.05, 4.69) is 31.1 Å². The highest BCUT2D eigenvalue weighted by Gasteiger charge is 2.17. The molecule has 1 heterocycles. The molecule has 0 aliphatic rings. The van der Waals surface area contributed by atoms with Gasteiger partial charge < -0.3 is 5.32 Å². The van der Waals surface area contributed by atoms with Gasteiger partial charge in [-0.25, -0.2) is 13.1 Å². The Morgan fingerprint density at radius 3 is 2.39 bits per heavy atom. The van der Waals surface area contributed by atoms with Gasteiger partial charge in [-0.3, -0.25) is 9.52 Å². The summed E-state index contributed by atoms with van der Waals surface area (Å²) in [6, 6.07) is 23.7. The molecule has 31 heavy (non-hydrogen) atoms. The number of nitrogens with zero attached hydrogens (tertiary/aromatic N) is 2. The Bertz CT molecular complexity index is 1320. The van der Waals surface area contributed by atoms with Gasteiger partial charge in [0.1, 0.15) is 0 Å². The Kier molecular flexibility index (Phi) is 5.88. The lowest BCUT2D eigenvalue weighted by Crippen LogP contribution is -2.16. The minimum Gasteiger partial charge on any atom is -0.305 e. The van der Waals surface area contributed by atoms with Crippen LogP contribution in [0.4, 0.5) is 11.5 Å². The molecule has 4 aromatic rings. The predicted molar refractivity (Wildman–Crippen MR) is 123 cm³/mol. The number of sulfonamides is 1. The van der Waals surface area contributed by atoms with E-state index in [1.165, 1.54) is 18.2 Å². The van der Waals surface area contributed by atoms with Gasteiger partial charge in [-0.05, 0) is 54.6 Å². The largest absolute Gasteiger partial charge is 0.305 e. The molecule has 1 amide bonds. The minimum atomic E-state index is -3.85. The second kappa shape index (κ2) is 8.75. The molecule has 156 valence electrons. The zero-order chi connectivity index (χ0) is 21.8. The Balaban J connectivity index is 1.50. The number of amides is 1. The van der Waals surface area contributed by atoms with Gasteiger partial charge in [0, 0.05) is 28.0 Å². The standard InChI is InChI=1S/C22H17BrN4O3S/c23-17-9-11-18(12-10-17)26-31(29,30)20-8-4-5-16(15-20)22(28)24-21-13-14-27(25-21)19-6-2-1-3-7-19/h1-15,26H,(H,24,25,28). The van der Waals surface area contributed by atoms with E-state index in [0.29, 0.717) is 11.5 Å². The van der Waals surface area contributed by atoms with Crippen LogP contribution in [0.2, 0.25) is 0 Å². The summed E-state index contributed by atoms with van der Waals surface area (Å²) in [5, 5.41) is 7.02. The molecular weight excluding hydrogens is 480 g/mol. The summed E-state index contributed by atoms with van der Waals surface area (Å²) in [6.45, 7) is 0. The molecule has 3 aromatic carbocycles. The Hall–Kier alpha value is -3.43. The number of carbonyl (C=O) groups excluding carboxylic acids is 1.